The van der Waals surface area contributed by atoms with Crippen LogP contribution in [0.3, 0.4) is 0 Å². The summed E-state index contributed by atoms with van der Waals surface area (Å²) < 4.78 is 65.2. The van der Waals surface area contributed by atoms with Gasteiger partial charge in [-0.2, -0.15) is 5.10 Å². The van der Waals surface area contributed by atoms with Crippen LogP contribution in [0.15, 0.2) is 75.7 Å². The molecule has 13 heteroatoms. The minimum atomic E-state index is -9.73. The molecule has 5 rings (SSSR count). The van der Waals surface area contributed by atoms with Gasteiger partial charge in [0.1, 0.15) is 28.7 Å². The number of aromatic nitrogens is 1. The zero-order chi connectivity index (χ0) is 24.4. The van der Waals surface area contributed by atoms with E-state index in [9.17, 15) is 19.4 Å². The molecule has 34 heavy (non-hydrogen) atoms. The van der Waals surface area contributed by atoms with Gasteiger partial charge in [0.15, 0.2) is 0 Å². The van der Waals surface area contributed by atoms with Gasteiger partial charge in [-0.15, -0.1) is 0 Å². The van der Waals surface area contributed by atoms with E-state index in [1.807, 2.05) is 0 Å². The molecule has 1 unspecified atom stereocenters. The number of amidine groups is 1. The van der Waals surface area contributed by atoms with Gasteiger partial charge in [-0.3, -0.25) is 10.3 Å². The first-order chi connectivity index (χ1) is 15.8. The number of fused-ring (bicyclic) bond motifs is 3. The number of halogens is 5. The molecule has 0 saturated carbocycles. The lowest BCUT2D eigenvalue weighted by Gasteiger charge is -2.40. The molecule has 2 aliphatic rings. The van der Waals surface area contributed by atoms with E-state index >= 15 is 0 Å². The van der Waals surface area contributed by atoms with Gasteiger partial charge in [0.2, 0.25) is 6.29 Å². The SMILES string of the molecule is CN(C1=NC2NN=CN2c2nc(N)ccc21)c1cccc(-c2ccc(S(F)(F)(F)(F)F)cc2)c1. The molecule has 2 aromatic carbocycles. The van der Waals surface area contributed by atoms with Crippen molar-refractivity contribution in [3.63, 3.8) is 0 Å². The number of anilines is 3. The monoisotopic (exact) mass is 495 g/mol. The van der Waals surface area contributed by atoms with Gasteiger partial charge < -0.3 is 10.6 Å². The Morgan fingerprint density at radius 3 is 2.41 bits per heavy atom. The molecule has 2 aliphatic heterocycles. The van der Waals surface area contributed by atoms with Crippen molar-refractivity contribution < 1.29 is 19.4 Å². The molecule has 0 amide bonds. The Hall–Kier alpha value is -3.87. The number of hydrazone groups is 1. The minimum Gasteiger partial charge on any atom is -0.384 e. The van der Waals surface area contributed by atoms with Crippen molar-refractivity contribution in [2.45, 2.75) is 11.2 Å². The summed E-state index contributed by atoms with van der Waals surface area (Å²) in [7, 11) is -7.95. The van der Waals surface area contributed by atoms with E-state index in [0.29, 0.717) is 52.0 Å². The van der Waals surface area contributed by atoms with Gasteiger partial charge >= 0.3 is 10.2 Å². The van der Waals surface area contributed by atoms with E-state index in [-0.39, 0.29) is 0 Å². The quantitative estimate of drug-likeness (QED) is 0.468. The molecular weight excluding hydrogens is 477 g/mol. The number of rotatable bonds is 3. The Balaban J connectivity index is 1.50. The maximum atomic E-state index is 13.0. The fourth-order valence-electron chi connectivity index (χ4n) is 3.76. The number of hydrogen-bond donors (Lipinski definition) is 2. The lowest BCUT2D eigenvalue weighted by Crippen LogP contribution is -2.44. The number of nitrogens with one attached hydrogen (secondary N) is 1. The average molecular weight is 495 g/mol. The standard InChI is InChI=1S/C21H18F5N7S/c1-32(19-17-9-10-18(27)29-20(17)33-12-28-31-21(33)30-19)15-4-2-3-14(11-15)13-5-7-16(8-6-13)34(22,23,24,25)26/h2-12,21,31H,1H3,(H2,27,29). The second kappa shape index (κ2) is 6.59. The molecular formula is C21H18F5N7S. The van der Waals surface area contributed by atoms with Crippen LogP contribution in [0.4, 0.5) is 36.8 Å². The predicted molar refractivity (Wildman–Crippen MR) is 125 cm³/mol. The summed E-state index contributed by atoms with van der Waals surface area (Å²) in [4.78, 5) is 10.7. The molecule has 0 saturated heterocycles. The van der Waals surface area contributed by atoms with E-state index in [1.54, 1.807) is 59.6 Å². The maximum Gasteiger partial charge on any atom is 0.310 e. The highest BCUT2D eigenvalue weighted by molar-refractivity contribution is 8.45. The van der Waals surface area contributed by atoms with Crippen LogP contribution in [0, 0.1) is 0 Å². The van der Waals surface area contributed by atoms with Gasteiger partial charge in [-0.1, -0.05) is 43.7 Å². The van der Waals surface area contributed by atoms with Crippen molar-refractivity contribution in [1.82, 2.24) is 10.4 Å². The fraction of sp³-hybridized carbons (Fsp3) is 0.0952. The van der Waals surface area contributed by atoms with Gasteiger partial charge in [0.25, 0.3) is 0 Å². The highest BCUT2D eigenvalue weighted by atomic mass is 32.5. The Morgan fingerprint density at radius 1 is 0.971 bits per heavy atom. The number of pyridine rings is 1. The molecule has 7 nitrogen and oxygen atoms in total. The molecule has 0 radical (unpaired) electrons. The van der Waals surface area contributed by atoms with Crippen LogP contribution in [-0.4, -0.2) is 30.5 Å². The summed E-state index contributed by atoms with van der Waals surface area (Å²) in [6.45, 7) is 0. The molecule has 1 atom stereocenters. The van der Waals surface area contributed by atoms with Crippen LogP contribution in [0.1, 0.15) is 5.56 Å². The maximum absolute atomic E-state index is 13.0. The van der Waals surface area contributed by atoms with E-state index < -0.39 is 21.4 Å². The number of nitrogens with two attached hydrogens (primary N) is 1. The molecule has 3 N–H and O–H groups in total. The summed E-state index contributed by atoms with van der Waals surface area (Å²) in [5.41, 5.74) is 11.0. The Bertz CT molecular complexity index is 1360. The first-order valence-electron chi connectivity index (χ1n) is 9.90. The molecule has 1 aromatic heterocycles. The van der Waals surface area contributed by atoms with Gasteiger partial charge in [-0.25, -0.2) is 9.98 Å². The second-order valence-electron chi connectivity index (χ2n) is 7.82. The number of nitrogen functional groups attached to an aromatic ring is 1. The minimum absolute atomic E-state index is 0.332. The Kier molecular flexibility index (Phi) is 4.26. The highest BCUT2D eigenvalue weighted by Gasteiger charge is 2.65. The largest absolute Gasteiger partial charge is 0.384 e. The smallest absolute Gasteiger partial charge is 0.310 e. The first-order valence-corrected chi connectivity index (χ1v) is 11.9. The summed E-state index contributed by atoms with van der Waals surface area (Å²) in [6.07, 6.45) is 1.05. The van der Waals surface area contributed by atoms with E-state index in [2.05, 4.69) is 15.5 Å². The van der Waals surface area contributed by atoms with Crippen LogP contribution in [-0.2, 0) is 0 Å². The van der Waals surface area contributed by atoms with Gasteiger partial charge in [0, 0.05) is 12.7 Å². The zero-order valence-electron chi connectivity index (χ0n) is 17.5. The third-order valence-electron chi connectivity index (χ3n) is 5.45. The van der Waals surface area contributed by atoms with Crippen molar-refractivity contribution in [2.75, 3.05) is 22.6 Å². The average Bonchev–Trinajstić information content (AvgIpc) is 3.26. The fourth-order valence-corrected chi connectivity index (χ4v) is 4.41. The molecule has 3 aromatic rings. The molecule has 0 spiro atoms. The Labute approximate surface area is 191 Å². The van der Waals surface area contributed by atoms with E-state index in [0.717, 1.165) is 12.1 Å². The topological polar surface area (TPSA) is 82.1 Å². The number of aliphatic imine (C=N–C) groups is 1. The summed E-state index contributed by atoms with van der Waals surface area (Å²) in [5, 5.41) is 4.02. The van der Waals surface area contributed by atoms with Crippen molar-refractivity contribution >= 4 is 39.7 Å². The summed E-state index contributed by atoms with van der Waals surface area (Å²) >= 11 is 0. The lowest BCUT2D eigenvalue weighted by atomic mass is 10.0. The molecule has 0 aliphatic carbocycles. The summed E-state index contributed by atoms with van der Waals surface area (Å²) in [6, 6.07) is 13.2. The molecule has 178 valence electrons. The van der Waals surface area contributed by atoms with Crippen LogP contribution >= 0.6 is 10.2 Å². The van der Waals surface area contributed by atoms with Crippen LogP contribution < -0.4 is 21.0 Å². The third-order valence-corrected chi connectivity index (χ3v) is 6.61. The van der Waals surface area contributed by atoms with E-state index in [4.69, 9.17) is 10.7 Å². The van der Waals surface area contributed by atoms with Crippen LogP contribution in [0.25, 0.3) is 11.1 Å². The van der Waals surface area contributed by atoms with Crippen LogP contribution in [0.5, 0.6) is 0 Å². The van der Waals surface area contributed by atoms with Crippen molar-refractivity contribution in [1.29, 1.82) is 0 Å². The normalized spacial score (nSPS) is 18.8. The third kappa shape index (κ3) is 3.87. The Morgan fingerprint density at radius 2 is 1.71 bits per heavy atom. The lowest BCUT2D eigenvalue weighted by molar-refractivity contribution is 0.364. The summed E-state index contributed by atoms with van der Waals surface area (Å²) in [5.74, 6) is 1.47. The molecule has 0 bridgehead atoms. The first kappa shape index (κ1) is 21.9. The molecule has 0 fully saturated rings. The van der Waals surface area contributed by atoms with Crippen molar-refractivity contribution in [3.8, 4) is 11.1 Å². The second-order valence-corrected chi connectivity index (χ2v) is 10.2. The van der Waals surface area contributed by atoms with Crippen molar-refractivity contribution in [2.24, 2.45) is 10.1 Å². The predicted octanol–water partition coefficient (Wildman–Crippen LogP) is 5.52. The number of nitrogens with zero attached hydrogens (tertiary/aromatic N) is 5. The highest BCUT2D eigenvalue weighted by Crippen LogP contribution is 3.02. The molecule has 3 heterocycles. The number of hydrogen-bond acceptors (Lipinski definition) is 7. The van der Waals surface area contributed by atoms with E-state index in [1.165, 1.54) is 0 Å². The zero-order valence-corrected chi connectivity index (χ0v) is 18.4. The van der Waals surface area contributed by atoms with Gasteiger partial charge in [0.05, 0.1) is 5.56 Å². The number of benzene rings is 2. The van der Waals surface area contributed by atoms with Crippen molar-refractivity contribution in [3.05, 3.63) is 66.2 Å². The van der Waals surface area contributed by atoms with Crippen LogP contribution in [0.2, 0.25) is 0 Å². The van der Waals surface area contributed by atoms with Gasteiger partial charge in [-0.05, 0) is 47.5 Å².